The normalized spacial score (nSPS) is 13.6. The average molecular weight is 281 g/mol. The Bertz CT molecular complexity index is 436. The molecule has 0 saturated carbocycles. The van der Waals surface area contributed by atoms with E-state index >= 15 is 0 Å². The minimum atomic E-state index is -0.689. The maximum Gasteiger partial charge on any atom is 0.325 e. The van der Waals surface area contributed by atoms with Gasteiger partial charge in [-0.2, -0.15) is 0 Å². The van der Waals surface area contributed by atoms with Crippen molar-refractivity contribution >= 4 is 5.97 Å². The standard InChI is InChI=1S/C15H23NO4/c1-15(16-2,14(18)19-3)8-5-9-20-13-7-4-6-12(10-13)11-17/h4,6-7,10,16-17H,5,8-9,11H2,1-3H3. The molecule has 0 radical (unpaired) electrons. The number of methoxy groups -OCH3 is 1. The highest BCUT2D eigenvalue weighted by molar-refractivity contribution is 5.80. The fraction of sp³-hybridized carbons (Fsp3) is 0.533. The molecule has 0 aliphatic carbocycles. The molecule has 20 heavy (non-hydrogen) atoms. The Hall–Kier alpha value is -1.59. The Morgan fingerprint density at radius 1 is 1.45 bits per heavy atom. The van der Waals surface area contributed by atoms with Gasteiger partial charge in [-0.25, -0.2) is 0 Å². The van der Waals surface area contributed by atoms with Crippen LogP contribution in [0.25, 0.3) is 0 Å². The highest BCUT2D eigenvalue weighted by Gasteiger charge is 2.31. The fourth-order valence-corrected chi connectivity index (χ4v) is 1.90. The van der Waals surface area contributed by atoms with Crippen LogP contribution in [0.3, 0.4) is 0 Å². The van der Waals surface area contributed by atoms with E-state index in [0.29, 0.717) is 13.0 Å². The Labute approximate surface area is 119 Å². The number of benzene rings is 1. The Morgan fingerprint density at radius 3 is 2.80 bits per heavy atom. The van der Waals surface area contributed by atoms with Gasteiger partial charge in [-0.3, -0.25) is 4.79 Å². The van der Waals surface area contributed by atoms with Crippen molar-refractivity contribution in [3.05, 3.63) is 29.8 Å². The number of carbonyl (C=O) groups is 1. The van der Waals surface area contributed by atoms with Crippen LogP contribution >= 0.6 is 0 Å². The fourth-order valence-electron chi connectivity index (χ4n) is 1.90. The molecule has 112 valence electrons. The van der Waals surface area contributed by atoms with Crippen molar-refractivity contribution in [1.82, 2.24) is 5.32 Å². The van der Waals surface area contributed by atoms with Gasteiger partial charge in [0.1, 0.15) is 11.3 Å². The van der Waals surface area contributed by atoms with Gasteiger partial charge in [0.2, 0.25) is 0 Å². The summed E-state index contributed by atoms with van der Waals surface area (Å²) in [5.74, 6) is 0.447. The minimum Gasteiger partial charge on any atom is -0.494 e. The zero-order valence-electron chi connectivity index (χ0n) is 12.3. The van der Waals surface area contributed by atoms with Crippen LogP contribution in [0.1, 0.15) is 25.3 Å². The van der Waals surface area contributed by atoms with Crippen LogP contribution in [-0.4, -0.2) is 37.4 Å². The number of carbonyl (C=O) groups excluding carboxylic acids is 1. The second-order valence-corrected chi connectivity index (χ2v) is 4.83. The quantitative estimate of drug-likeness (QED) is 0.558. The zero-order valence-corrected chi connectivity index (χ0v) is 12.3. The molecule has 5 heteroatoms. The maximum absolute atomic E-state index is 11.7. The van der Waals surface area contributed by atoms with Crippen LogP contribution in [0.2, 0.25) is 0 Å². The first-order valence-electron chi connectivity index (χ1n) is 6.65. The van der Waals surface area contributed by atoms with Crippen LogP contribution in [0.15, 0.2) is 24.3 Å². The summed E-state index contributed by atoms with van der Waals surface area (Å²) in [4.78, 5) is 11.7. The highest BCUT2D eigenvalue weighted by Crippen LogP contribution is 2.16. The third kappa shape index (κ3) is 4.51. The third-order valence-corrected chi connectivity index (χ3v) is 3.36. The van der Waals surface area contributed by atoms with E-state index in [0.717, 1.165) is 17.7 Å². The molecular weight excluding hydrogens is 258 g/mol. The smallest absolute Gasteiger partial charge is 0.325 e. The molecule has 0 bridgehead atoms. The minimum absolute atomic E-state index is 0.00261. The van der Waals surface area contributed by atoms with Gasteiger partial charge in [-0.15, -0.1) is 0 Å². The van der Waals surface area contributed by atoms with Crippen molar-refractivity contribution in [1.29, 1.82) is 0 Å². The summed E-state index contributed by atoms with van der Waals surface area (Å²) in [6.07, 6.45) is 1.34. The van der Waals surface area contributed by atoms with Crippen LogP contribution in [0, 0.1) is 0 Å². The van der Waals surface area contributed by atoms with Gasteiger partial charge in [-0.1, -0.05) is 12.1 Å². The summed E-state index contributed by atoms with van der Waals surface area (Å²) in [6.45, 7) is 2.31. The molecule has 1 atom stereocenters. The number of esters is 1. The lowest BCUT2D eigenvalue weighted by Gasteiger charge is -2.25. The number of rotatable bonds is 8. The van der Waals surface area contributed by atoms with E-state index in [-0.39, 0.29) is 12.6 Å². The second-order valence-electron chi connectivity index (χ2n) is 4.83. The Morgan fingerprint density at radius 2 is 2.20 bits per heavy atom. The Balaban J connectivity index is 2.42. The van der Waals surface area contributed by atoms with E-state index in [4.69, 9.17) is 14.6 Å². The van der Waals surface area contributed by atoms with Crippen LogP contribution < -0.4 is 10.1 Å². The third-order valence-electron chi connectivity index (χ3n) is 3.36. The predicted molar refractivity (Wildman–Crippen MR) is 76.6 cm³/mol. The summed E-state index contributed by atoms with van der Waals surface area (Å²) in [7, 11) is 3.12. The van der Waals surface area contributed by atoms with Crippen LogP contribution in [0.5, 0.6) is 5.75 Å². The molecule has 5 nitrogen and oxygen atoms in total. The molecule has 1 aromatic rings. The van der Waals surface area contributed by atoms with E-state index in [1.165, 1.54) is 7.11 Å². The van der Waals surface area contributed by atoms with Gasteiger partial charge in [0, 0.05) is 0 Å². The Kier molecular flexibility index (Phi) is 6.48. The number of hydrogen-bond donors (Lipinski definition) is 2. The van der Waals surface area contributed by atoms with Crippen molar-refractivity contribution in [2.45, 2.75) is 31.9 Å². The summed E-state index contributed by atoms with van der Waals surface area (Å²) in [5.41, 5.74) is 0.127. The van der Waals surface area contributed by atoms with Gasteiger partial charge < -0.3 is 19.9 Å². The highest BCUT2D eigenvalue weighted by atomic mass is 16.5. The molecule has 0 saturated heterocycles. The van der Waals surface area contributed by atoms with Crippen LogP contribution in [0.4, 0.5) is 0 Å². The van der Waals surface area contributed by atoms with E-state index in [1.54, 1.807) is 13.1 Å². The van der Waals surface area contributed by atoms with Crippen molar-refractivity contribution in [2.24, 2.45) is 0 Å². The lowest BCUT2D eigenvalue weighted by Crippen LogP contribution is -2.48. The van der Waals surface area contributed by atoms with Gasteiger partial charge in [0.25, 0.3) is 0 Å². The summed E-state index contributed by atoms with van der Waals surface area (Å²) in [6, 6.07) is 7.32. The number of aliphatic hydroxyl groups excluding tert-OH is 1. The van der Waals surface area contributed by atoms with Gasteiger partial charge in [-0.05, 0) is 44.5 Å². The maximum atomic E-state index is 11.7. The SMILES string of the molecule is CNC(C)(CCCOc1cccc(CO)c1)C(=O)OC. The molecule has 1 unspecified atom stereocenters. The lowest BCUT2D eigenvalue weighted by atomic mass is 9.96. The number of nitrogens with one attached hydrogen (secondary N) is 1. The van der Waals surface area contributed by atoms with Gasteiger partial charge in [0.15, 0.2) is 0 Å². The van der Waals surface area contributed by atoms with Gasteiger partial charge in [0.05, 0.1) is 20.3 Å². The predicted octanol–water partition coefficient (Wildman–Crippen LogP) is 1.49. The largest absolute Gasteiger partial charge is 0.494 e. The monoisotopic (exact) mass is 281 g/mol. The molecule has 0 fully saturated rings. The van der Waals surface area contributed by atoms with Crippen molar-refractivity contribution in [2.75, 3.05) is 20.8 Å². The molecule has 0 spiro atoms. The molecule has 2 N–H and O–H groups in total. The number of hydrogen-bond acceptors (Lipinski definition) is 5. The van der Waals surface area contributed by atoms with Crippen molar-refractivity contribution < 1.29 is 19.4 Å². The zero-order chi connectivity index (χ0) is 15.0. The van der Waals surface area contributed by atoms with E-state index in [9.17, 15) is 4.79 Å². The van der Waals surface area contributed by atoms with Crippen molar-refractivity contribution in [3.63, 3.8) is 0 Å². The molecule has 0 heterocycles. The van der Waals surface area contributed by atoms with Crippen molar-refractivity contribution in [3.8, 4) is 5.75 Å². The topological polar surface area (TPSA) is 67.8 Å². The lowest BCUT2D eigenvalue weighted by molar-refractivity contribution is -0.148. The first-order chi connectivity index (χ1) is 9.55. The number of aliphatic hydroxyl groups is 1. The van der Waals surface area contributed by atoms with Crippen LogP contribution in [-0.2, 0) is 16.1 Å². The number of ether oxygens (including phenoxy) is 2. The van der Waals surface area contributed by atoms with E-state index in [1.807, 2.05) is 25.1 Å². The molecule has 1 rings (SSSR count). The molecule has 0 aliphatic rings. The molecule has 0 amide bonds. The molecular formula is C15H23NO4. The second kappa shape index (κ2) is 7.87. The molecule has 0 aliphatic heterocycles. The number of likely N-dealkylation sites (N-methyl/N-ethyl adjacent to an activating group) is 1. The van der Waals surface area contributed by atoms with Gasteiger partial charge >= 0.3 is 5.97 Å². The summed E-state index contributed by atoms with van der Waals surface area (Å²) in [5, 5.41) is 12.0. The summed E-state index contributed by atoms with van der Waals surface area (Å²) < 4.78 is 10.4. The first-order valence-corrected chi connectivity index (χ1v) is 6.65. The molecule has 1 aromatic carbocycles. The van der Waals surface area contributed by atoms with E-state index in [2.05, 4.69) is 5.32 Å². The van der Waals surface area contributed by atoms with E-state index < -0.39 is 5.54 Å². The average Bonchev–Trinajstić information content (AvgIpc) is 2.50. The molecule has 0 aromatic heterocycles. The summed E-state index contributed by atoms with van der Waals surface area (Å²) >= 11 is 0. The first kappa shape index (κ1) is 16.5.